The van der Waals surface area contributed by atoms with Crippen LogP contribution in [0.5, 0.6) is 0 Å². The van der Waals surface area contributed by atoms with Gasteiger partial charge in [-0.25, -0.2) is 8.42 Å². The number of rotatable bonds is 6. The van der Waals surface area contributed by atoms with Crippen LogP contribution in [-0.2, 0) is 33.5 Å². The summed E-state index contributed by atoms with van der Waals surface area (Å²) in [6, 6.07) is 4.14. The maximum Gasteiger partial charge on any atom is 0.435 e. The molecule has 1 aromatic carbocycles. The zero-order chi connectivity index (χ0) is 24.7. The molecule has 1 saturated heterocycles. The smallest absolute Gasteiger partial charge is 0.396 e. The average Bonchev–Trinajstić information content (AvgIpc) is 3.16. The zero-order valence-corrected chi connectivity index (χ0v) is 18.3. The van der Waals surface area contributed by atoms with Gasteiger partial charge in [0, 0.05) is 19.8 Å². The molecule has 6 nitrogen and oxygen atoms in total. The van der Waals surface area contributed by atoms with Crippen molar-refractivity contribution >= 4 is 9.84 Å². The molecule has 1 N–H and O–H groups in total. The fourth-order valence-electron chi connectivity index (χ4n) is 3.76. The van der Waals surface area contributed by atoms with Gasteiger partial charge in [0.05, 0.1) is 20.9 Å². The van der Waals surface area contributed by atoms with Crippen molar-refractivity contribution in [1.82, 2.24) is 9.78 Å². The largest absolute Gasteiger partial charge is 0.435 e. The third-order valence-corrected chi connectivity index (χ3v) is 8.19. The highest BCUT2D eigenvalue weighted by Gasteiger charge is 2.47. The minimum atomic E-state index is -4.75. The SMILES string of the molecule is CC1(S(=O)(=O)c2cccc(C(F)(F)F)c2)CCOC(c2cc(C(F)(F)F)nn2CCCO)C1. The predicted molar refractivity (Wildman–Crippen MR) is 104 cm³/mol. The summed E-state index contributed by atoms with van der Waals surface area (Å²) >= 11 is 0. The van der Waals surface area contributed by atoms with Gasteiger partial charge in [-0.15, -0.1) is 0 Å². The standard InChI is InChI=1S/C20H22F6N2O4S/c1-18(33(30,31)14-5-2-4-13(10-14)19(21,22)23)6-9-32-16(12-18)15-11-17(20(24,25)26)27-28(15)7-3-8-29/h2,4-5,10-11,16,29H,3,6-9,12H2,1H3. The van der Waals surface area contributed by atoms with Crippen LogP contribution in [-0.4, -0.2) is 41.3 Å². The molecule has 1 aromatic heterocycles. The highest BCUT2D eigenvalue weighted by molar-refractivity contribution is 7.92. The minimum Gasteiger partial charge on any atom is -0.396 e. The van der Waals surface area contributed by atoms with Crippen LogP contribution in [0.1, 0.15) is 49.2 Å². The molecule has 1 aliphatic rings. The normalized spacial score (nSPS) is 22.5. The van der Waals surface area contributed by atoms with Gasteiger partial charge in [-0.2, -0.15) is 31.4 Å². The molecule has 0 aliphatic carbocycles. The van der Waals surface area contributed by atoms with Crippen LogP contribution in [0.2, 0.25) is 0 Å². The average molecular weight is 500 g/mol. The van der Waals surface area contributed by atoms with Crippen molar-refractivity contribution in [2.75, 3.05) is 13.2 Å². The number of aromatic nitrogens is 2. The summed E-state index contributed by atoms with van der Waals surface area (Å²) in [4.78, 5) is -0.523. The van der Waals surface area contributed by atoms with Crippen molar-refractivity contribution in [3.63, 3.8) is 0 Å². The van der Waals surface area contributed by atoms with Gasteiger partial charge in [-0.05, 0) is 50.5 Å². The van der Waals surface area contributed by atoms with Gasteiger partial charge in [0.1, 0.15) is 6.10 Å². The Balaban J connectivity index is 1.98. The number of aryl methyl sites for hydroxylation is 1. The molecule has 0 saturated carbocycles. The fourth-order valence-corrected chi connectivity index (χ4v) is 5.59. The Labute approximate surface area is 186 Å². The highest BCUT2D eigenvalue weighted by atomic mass is 32.2. The van der Waals surface area contributed by atoms with Gasteiger partial charge >= 0.3 is 12.4 Å². The highest BCUT2D eigenvalue weighted by Crippen LogP contribution is 2.43. The molecule has 2 unspecified atom stereocenters. The molecular formula is C20H22F6N2O4S. The zero-order valence-electron chi connectivity index (χ0n) is 17.4. The number of aliphatic hydroxyl groups is 1. The third kappa shape index (κ3) is 5.19. The first kappa shape index (κ1) is 25.5. The lowest BCUT2D eigenvalue weighted by atomic mass is 9.94. The first-order chi connectivity index (χ1) is 15.2. The second-order valence-corrected chi connectivity index (χ2v) is 10.5. The quantitative estimate of drug-likeness (QED) is 0.596. The Morgan fingerprint density at radius 3 is 2.48 bits per heavy atom. The number of hydrogen-bond donors (Lipinski definition) is 1. The van der Waals surface area contributed by atoms with E-state index in [4.69, 9.17) is 9.84 Å². The molecule has 2 atom stereocenters. The molecule has 2 aromatic rings. The molecule has 0 bridgehead atoms. The lowest BCUT2D eigenvalue weighted by Crippen LogP contribution is -2.42. The Morgan fingerprint density at radius 2 is 1.88 bits per heavy atom. The van der Waals surface area contributed by atoms with Crippen LogP contribution in [0.3, 0.4) is 0 Å². The number of benzene rings is 1. The molecule has 0 amide bonds. The monoisotopic (exact) mass is 500 g/mol. The van der Waals surface area contributed by atoms with Crippen molar-refractivity contribution < 1.29 is 44.6 Å². The van der Waals surface area contributed by atoms with E-state index in [0.717, 1.165) is 28.9 Å². The number of halogens is 6. The summed E-state index contributed by atoms with van der Waals surface area (Å²) < 4.78 is 111. The van der Waals surface area contributed by atoms with Gasteiger partial charge in [0.15, 0.2) is 15.5 Å². The number of ether oxygens (including phenoxy) is 1. The van der Waals surface area contributed by atoms with Gasteiger partial charge in [0.2, 0.25) is 0 Å². The molecule has 1 aliphatic heterocycles. The van der Waals surface area contributed by atoms with Crippen LogP contribution in [0, 0.1) is 0 Å². The number of aliphatic hydroxyl groups excluding tert-OH is 1. The Morgan fingerprint density at radius 1 is 1.18 bits per heavy atom. The summed E-state index contributed by atoms with van der Waals surface area (Å²) in [6.07, 6.45) is -10.8. The van der Waals surface area contributed by atoms with Gasteiger partial charge in [-0.1, -0.05) is 6.07 Å². The molecule has 2 heterocycles. The first-order valence-corrected chi connectivity index (χ1v) is 11.5. The van der Waals surface area contributed by atoms with Crippen LogP contribution in [0.25, 0.3) is 0 Å². The predicted octanol–water partition coefficient (Wildman–Crippen LogP) is 4.39. The van der Waals surface area contributed by atoms with E-state index in [2.05, 4.69) is 5.10 Å². The molecule has 3 rings (SSSR count). The van der Waals surface area contributed by atoms with Crippen LogP contribution < -0.4 is 0 Å². The Hall–Kier alpha value is -2.12. The topological polar surface area (TPSA) is 81.4 Å². The molecule has 184 valence electrons. The van der Waals surface area contributed by atoms with Crippen molar-refractivity contribution in [1.29, 1.82) is 0 Å². The molecule has 33 heavy (non-hydrogen) atoms. The number of alkyl halides is 6. The van der Waals surface area contributed by atoms with E-state index in [9.17, 15) is 34.8 Å². The fraction of sp³-hybridized carbons (Fsp3) is 0.550. The maximum absolute atomic E-state index is 13.3. The third-order valence-electron chi connectivity index (χ3n) is 5.65. The van der Waals surface area contributed by atoms with Crippen molar-refractivity contribution in [2.24, 2.45) is 0 Å². The van der Waals surface area contributed by atoms with E-state index >= 15 is 0 Å². The number of sulfone groups is 1. The second kappa shape index (κ2) is 8.91. The van der Waals surface area contributed by atoms with E-state index < -0.39 is 49.2 Å². The van der Waals surface area contributed by atoms with E-state index in [1.165, 1.54) is 6.92 Å². The number of hydrogen-bond acceptors (Lipinski definition) is 5. The molecule has 0 spiro atoms. The van der Waals surface area contributed by atoms with E-state index in [1.54, 1.807) is 0 Å². The van der Waals surface area contributed by atoms with E-state index in [1.807, 2.05) is 0 Å². The Bertz CT molecular complexity index is 1100. The van der Waals surface area contributed by atoms with Crippen molar-refractivity contribution in [3.8, 4) is 0 Å². The Kier molecular flexibility index (Phi) is 6.89. The van der Waals surface area contributed by atoms with Gasteiger partial charge in [0.25, 0.3) is 0 Å². The molecular weight excluding hydrogens is 478 g/mol. The van der Waals surface area contributed by atoms with E-state index in [0.29, 0.717) is 6.07 Å². The van der Waals surface area contributed by atoms with Gasteiger partial charge < -0.3 is 9.84 Å². The van der Waals surface area contributed by atoms with E-state index in [-0.39, 0.29) is 44.7 Å². The van der Waals surface area contributed by atoms with Gasteiger partial charge in [-0.3, -0.25) is 4.68 Å². The lowest BCUT2D eigenvalue weighted by Gasteiger charge is -2.37. The number of nitrogens with zero attached hydrogens (tertiary/aromatic N) is 2. The summed E-state index contributed by atoms with van der Waals surface area (Å²) in [5.74, 6) is 0. The summed E-state index contributed by atoms with van der Waals surface area (Å²) in [6.45, 7) is 0.857. The molecule has 13 heteroatoms. The minimum absolute atomic E-state index is 0.0130. The van der Waals surface area contributed by atoms with Crippen molar-refractivity contribution in [3.05, 3.63) is 47.3 Å². The van der Waals surface area contributed by atoms with Crippen molar-refractivity contribution in [2.45, 2.75) is 60.8 Å². The summed E-state index contributed by atoms with van der Waals surface area (Å²) in [5, 5.41) is 12.6. The first-order valence-electron chi connectivity index (χ1n) is 9.98. The summed E-state index contributed by atoms with van der Waals surface area (Å²) in [5.41, 5.74) is -2.32. The second-order valence-electron chi connectivity index (χ2n) is 8.04. The maximum atomic E-state index is 13.3. The lowest BCUT2D eigenvalue weighted by molar-refractivity contribution is -0.141. The molecule has 1 fully saturated rings. The van der Waals surface area contributed by atoms with Crippen LogP contribution in [0.4, 0.5) is 26.3 Å². The van der Waals surface area contributed by atoms with Crippen LogP contribution in [0.15, 0.2) is 35.2 Å². The summed E-state index contributed by atoms with van der Waals surface area (Å²) in [7, 11) is -4.31. The molecule has 0 radical (unpaired) electrons. The van der Waals surface area contributed by atoms with Crippen LogP contribution >= 0.6 is 0 Å².